The zero-order valence-electron chi connectivity index (χ0n) is 20.4. The molecule has 0 unspecified atom stereocenters. The van der Waals surface area contributed by atoms with Crippen molar-refractivity contribution in [2.75, 3.05) is 0 Å². The van der Waals surface area contributed by atoms with Crippen LogP contribution in [0, 0.1) is 0 Å². The highest BCUT2D eigenvalue weighted by Gasteiger charge is 2.22. The van der Waals surface area contributed by atoms with Crippen molar-refractivity contribution in [3.8, 4) is 28.3 Å². The molecule has 37 heavy (non-hydrogen) atoms. The minimum absolute atomic E-state index is 0.0356. The third kappa shape index (κ3) is 4.56. The summed E-state index contributed by atoms with van der Waals surface area (Å²) in [4.78, 5) is 29.8. The quantitative estimate of drug-likeness (QED) is 0.314. The number of nitrogens with one attached hydrogen (secondary N) is 1. The Bertz CT molecular complexity index is 1600. The van der Waals surface area contributed by atoms with E-state index in [1.54, 1.807) is 24.0 Å². The molecular weight excluding hydrogens is 474 g/mol. The number of H-pyrrole nitrogens is 1. The number of aromatic amines is 1. The van der Waals surface area contributed by atoms with Gasteiger partial charge in [-0.1, -0.05) is 43.7 Å². The molecule has 1 aromatic carbocycles. The summed E-state index contributed by atoms with van der Waals surface area (Å²) in [5.41, 5.74) is 3.73. The van der Waals surface area contributed by atoms with E-state index < -0.39 is 5.97 Å². The standard InChI is InChI=1S/C25H25N9O3/c1-3-4-7-18-15-34(23-21(24(35)36)13-27-32(23)2)25(37)33(18)14-17-11-10-16(12-26-17)19-8-5-6-9-20(19)22-28-30-31-29-22/h5-6,8-13,15H,3-4,7,14H2,1-2H3,(H,35,36)(H,28,29,30,31). The van der Waals surface area contributed by atoms with Gasteiger partial charge in [0.05, 0.1) is 18.4 Å². The topological polar surface area (TPSA) is 149 Å². The number of pyridine rings is 1. The monoisotopic (exact) mass is 499 g/mol. The lowest BCUT2D eigenvalue weighted by Gasteiger charge is -2.09. The molecule has 0 saturated heterocycles. The van der Waals surface area contributed by atoms with Gasteiger partial charge in [-0.05, 0) is 29.7 Å². The lowest BCUT2D eigenvalue weighted by Crippen LogP contribution is -2.27. The lowest BCUT2D eigenvalue weighted by atomic mass is 10.0. The average molecular weight is 500 g/mol. The van der Waals surface area contributed by atoms with Crippen molar-refractivity contribution in [3.63, 3.8) is 0 Å². The maximum Gasteiger partial charge on any atom is 0.341 e. The van der Waals surface area contributed by atoms with E-state index in [4.69, 9.17) is 0 Å². The fourth-order valence-corrected chi connectivity index (χ4v) is 4.32. The third-order valence-corrected chi connectivity index (χ3v) is 6.18. The van der Waals surface area contributed by atoms with Crippen LogP contribution in [-0.4, -0.2) is 55.6 Å². The van der Waals surface area contributed by atoms with Crippen molar-refractivity contribution >= 4 is 5.97 Å². The van der Waals surface area contributed by atoms with Gasteiger partial charge in [-0.15, -0.1) is 10.2 Å². The molecular formula is C25H25N9O3. The van der Waals surface area contributed by atoms with E-state index in [2.05, 4.69) is 37.6 Å². The Kier molecular flexibility index (Phi) is 6.45. The van der Waals surface area contributed by atoms with Crippen molar-refractivity contribution < 1.29 is 9.90 Å². The predicted octanol–water partition coefficient (Wildman–Crippen LogP) is 2.70. The van der Waals surface area contributed by atoms with Crippen LogP contribution >= 0.6 is 0 Å². The number of carboxylic acids is 1. The fraction of sp³-hybridized carbons (Fsp3) is 0.240. The second-order valence-electron chi connectivity index (χ2n) is 8.59. The highest BCUT2D eigenvalue weighted by Crippen LogP contribution is 2.29. The van der Waals surface area contributed by atoms with Crippen LogP contribution in [0.25, 0.3) is 28.3 Å². The van der Waals surface area contributed by atoms with Gasteiger partial charge in [0.15, 0.2) is 5.82 Å². The summed E-state index contributed by atoms with van der Waals surface area (Å²) in [6, 6.07) is 11.5. The Morgan fingerprint density at radius 1 is 1.11 bits per heavy atom. The van der Waals surface area contributed by atoms with E-state index in [-0.39, 0.29) is 23.6 Å². The average Bonchev–Trinajstić information content (AvgIpc) is 3.64. The number of nitrogens with zero attached hydrogens (tertiary/aromatic N) is 8. The number of benzene rings is 1. The van der Waals surface area contributed by atoms with Crippen LogP contribution in [-0.2, 0) is 20.0 Å². The molecule has 5 aromatic rings. The number of carboxylic acid groups (broad SMARTS) is 1. The predicted molar refractivity (Wildman–Crippen MR) is 134 cm³/mol. The number of unbranched alkanes of at least 4 members (excludes halogenated alkanes) is 1. The van der Waals surface area contributed by atoms with Crippen LogP contribution < -0.4 is 5.69 Å². The maximum atomic E-state index is 13.5. The van der Waals surface area contributed by atoms with Crippen molar-refractivity contribution in [2.45, 2.75) is 32.7 Å². The molecule has 4 heterocycles. The SMILES string of the molecule is CCCCc1cn(-c2c(C(=O)O)cnn2C)c(=O)n1Cc1ccc(-c2ccccc2-c2nn[nH]n2)cn1. The molecule has 0 bridgehead atoms. The third-order valence-electron chi connectivity index (χ3n) is 6.18. The molecule has 12 heteroatoms. The second kappa shape index (κ2) is 10.0. The number of aromatic carboxylic acids is 1. The summed E-state index contributed by atoms with van der Waals surface area (Å²) < 4.78 is 4.40. The van der Waals surface area contributed by atoms with Gasteiger partial charge in [0.2, 0.25) is 5.82 Å². The van der Waals surface area contributed by atoms with Crippen LogP contribution in [0.3, 0.4) is 0 Å². The minimum Gasteiger partial charge on any atom is -0.477 e. The maximum absolute atomic E-state index is 13.5. The Hall–Kier alpha value is -4.87. The smallest absolute Gasteiger partial charge is 0.341 e. The van der Waals surface area contributed by atoms with E-state index in [9.17, 15) is 14.7 Å². The zero-order chi connectivity index (χ0) is 25.9. The second-order valence-corrected chi connectivity index (χ2v) is 8.59. The van der Waals surface area contributed by atoms with Gasteiger partial charge < -0.3 is 5.11 Å². The van der Waals surface area contributed by atoms with E-state index in [0.29, 0.717) is 17.9 Å². The van der Waals surface area contributed by atoms with Crippen molar-refractivity contribution in [1.29, 1.82) is 0 Å². The fourth-order valence-electron chi connectivity index (χ4n) is 4.32. The first kappa shape index (κ1) is 23.9. The van der Waals surface area contributed by atoms with Crippen LogP contribution in [0.1, 0.15) is 41.5 Å². The van der Waals surface area contributed by atoms with E-state index in [1.165, 1.54) is 15.4 Å². The molecule has 12 nitrogen and oxygen atoms in total. The normalized spacial score (nSPS) is 11.2. The van der Waals surface area contributed by atoms with Gasteiger partial charge in [-0.3, -0.25) is 18.8 Å². The summed E-state index contributed by atoms with van der Waals surface area (Å²) in [7, 11) is 1.62. The number of hydrogen-bond acceptors (Lipinski definition) is 7. The molecule has 0 amide bonds. The number of carbonyl (C=O) groups is 1. The number of aromatic nitrogens is 9. The van der Waals surface area contributed by atoms with Gasteiger partial charge in [0.25, 0.3) is 0 Å². The first-order chi connectivity index (χ1) is 18.0. The largest absolute Gasteiger partial charge is 0.477 e. The zero-order valence-corrected chi connectivity index (χ0v) is 20.4. The molecule has 0 aliphatic heterocycles. The molecule has 0 saturated carbocycles. The lowest BCUT2D eigenvalue weighted by molar-refractivity contribution is 0.0696. The molecule has 0 aliphatic rings. The van der Waals surface area contributed by atoms with Crippen LogP contribution in [0.4, 0.5) is 0 Å². The number of tetrazole rings is 1. The Morgan fingerprint density at radius 2 is 1.92 bits per heavy atom. The Morgan fingerprint density at radius 3 is 2.59 bits per heavy atom. The Balaban J connectivity index is 1.50. The van der Waals surface area contributed by atoms with Crippen LogP contribution in [0.5, 0.6) is 0 Å². The van der Waals surface area contributed by atoms with Gasteiger partial charge in [0, 0.05) is 36.3 Å². The first-order valence-electron chi connectivity index (χ1n) is 11.8. The molecule has 0 atom stereocenters. The summed E-state index contributed by atoms with van der Waals surface area (Å²) in [6.45, 7) is 2.33. The summed E-state index contributed by atoms with van der Waals surface area (Å²) in [6.07, 6.45) is 7.23. The molecule has 0 radical (unpaired) electrons. The molecule has 0 aliphatic carbocycles. The first-order valence-corrected chi connectivity index (χ1v) is 11.8. The van der Waals surface area contributed by atoms with E-state index in [1.807, 2.05) is 36.4 Å². The van der Waals surface area contributed by atoms with Crippen molar-refractivity contribution in [1.82, 2.24) is 44.5 Å². The Labute approximate surface area is 211 Å². The van der Waals surface area contributed by atoms with Gasteiger partial charge in [-0.2, -0.15) is 10.3 Å². The van der Waals surface area contributed by atoms with Gasteiger partial charge >= 0.3 is 11.7 Å². The summed E-state index contributed by atoms with van der Waals surface area (Å²) in [5, 5.41) is 27.9. The van der Waals surface area contributed by atoms with E-state index in [0.717, 1.165) is 35.2 Å². The van der Waals surface area contributed by atoms with Gasteiger partial charge in [0.1, 0.15) is 5.56 Å². The minimum atomic E-state index is -1.14. The molecule has 0 spiro atoms. The summed E-state index contributed by atoms with van der Waals surface area (Å²) >= 11 is 0. The number of aryl methyl sites for hydroxylation is 2. The number of rotatable bonds is 9. The molecule has 188 valence electrons. The molecule has 0 fully saturated rings. The van der Waals surface area contributed by atoms with Gasteiger partial charge in [-0.25, -0.2) is 9.59 Å². The molecule has 5 rings (SSSR count). The van der Waals surface area contributed by atoms with Crippen molar-refractivity contribution in [2.24, 2.45) is 7.05 Å². The van der Waals surface area contributed by atoms with Crippen LogP contribution in [0.15, 0.2) is 59.8 Å². The number of imidazole rings is 1. The van der Waals surface area contributed by atoms with Crippen LogP contribution in [0.2, 0.25) is 0 Å². The highest BCUT2D eigenvalue weighted by molar-refractivity contribution is 5.91. The molecule has 2 N–H and O–H groups in total. The highest BCUT2D eigenvalue weighted by atomic mass is 16.4. The molecule has 4 aromatic heterocycles. The van der Waals surface area contributed by atoms with Crippen molar-refractivity contribution in [3.05, 3.63) is 82.4 Å². The number of hydrogen-bond donors (Lipinski definition) is 2. The van der Waals surface area contributed by atoms with E-state index >= 15 is 0 Å². The summed E-state index contributed by atoms with van der Waals surface area (Å²) in [5.74, 6) is -0.435.